The molecule has 2 unspecified atom stereocenters. The molecule has 10 nitrogen and oxygen atoms in total. The zero-order valence-electron chi connectivity index (χ0n) is 20.6. The zero-order chi connectivity index (χ0) is 25.3. The van der Waals surface area contributed by atoms with Gasteiger partial charge in [0.2, 0.25) is 5.88 Å². The maximum absolute atomic E-state index is 13.2. The third kappa shape index (κ3) is 4.08. The van der Waals surface area contributed by atoms with Crippen LogP contribution in [0.15, 0.2) is 48.9 Å². The number of carbonyl (C=O) groups is 1. The topological polar surface area (TPSA) is 109 Å². The first-order valence-corrected chi connectivity index (χ1v) is 11.6. The third-order valence-electron chi connectivity index (χ3n) is 6.47. The number of benzene rings is 2. The second-order valence-corrected chi connectivity index (χ2v) is 8.74. The van der Waals surface area contributed by atoms with E-state index in [1.807, 2.05) is 42.2 Å². The highest BCUT2D eigenvalue weighted by molar-refractivity contribution is 5.92. The molecule has 0 spiro atoms. The molecule has 2 aromatic heterocycles. The van der Waals surface area contributed by atoms with E-state index in [4.69, 9.17) is 18.9 Å². The summed E-state index contributed by atoms with van der Waals surface area (Å²) in [6.45, 7) is 4.61. The number of aromatic nitrogens is 4. The van der Waals surface area contributed by atoms with E-state index < -0.39 is 11.5 Å². The van der Waals surface area contributed by atoms with Crippen molar-refractivity contribution in [2.75, 3.05) is 38.8 Å². The van der Waals surface area contributed by atoms with E-state index in [1.165, 1.54) is 6.33 Å². The van der Waals surface area contributed by atoms with Gasteiger partial charge in [0.25, 0.3) is 0 Å². The molecular weight excluding hydrogens is 462 g/mol. The van der Waals surface area contributed by atoms with Crippen molar-refractivity contribution in [1.29, 1.82) is 0 Å². The van der Waals surface area contributed by atoms with Crippen molar-refractivity contribution < 1.29 is 23.7 Å². The maximum atomic E-state index is 13.2. The van der Waals surface area contributed by atoms with E-state index in [1.54, 1.807) is 33.4 Å². The Hall–Kier alpha value is -4.21. The minimum Gasteiger partial charge on any atom is -0.493 e. The highest BCUT2D eigenvalue weighted by Gasteiger charge is 2.52. The van der Waals surface area contributed by atoms with Gasteiger partial charge in [0.05, 0.1) is 50.1 Å². The zero-order valence-corrected chi connectivity index (χ0v) is 20.6. The van der Waals surface area contributed by atoms with Crippen LogP contribution in [0.4, 0.5) is 5.82 Å². The van der Waals surface area contributed by atoms with Gasteiger partial charge in [-0.05, 0) is 32.0 Å². The summed E-state index contributed by atoms with van der Waals surface area (Å²) in [5, 5.41) is 0.771. The van der Waals surface area contributed by atoms with Crippen LogP contribution in [0.1, 0.15) is 13.8 Å². The van der Waals surface area contributed by atoms with Crippen molar-refractivity contribution in [1.82, 2.24) is 19.9 Å². The van der Waals surface area contributed by atoms with Crippen LogP contribution in [0.5, 0.6) is 17.4 Å². The summed E-state index contributed by atoms with van der Waals surface area (Å²) >= 11 is 0. The standard InChI is InChI=1S/C26H27N5O5/c1-5-35-25(32)26(2)14-31(13-22(26)36-23-12-27-17-8-6-7-9-18(17)30-23)24-16-10-20(33-3)21(34-4)11-19(16)28-15-29-24/h6-12,15,22H,5,13-14H2,1-4H3. The first-order chi connectivity index (χ1) is 17.5. The van der Waals surface area contributed by atoms with Gasteiger partial charge in [-0.15, -0.1) is 0 Å². The molecule has 0 N–H and O–H groups in total. The number of anilines is 1. The Bertz CT molecular complexity index is 1430. The lowest BCUT2D eigenvalue weighted by atomic mass is 9.87. The van der Waals surface area contributed by atoms with Crippen LogP contribution in [0.2, 0.25) is 0 Å². The Balaban J connectivity index is 1.53. The fourth-order valence-corrected chi connectivity index (χ4v) is 4.55. The SMILES string of the molecule is CCOC(=O)C1(C)CN(c2ncnc3cc(OC)c(OC)cc23)CC1Oc1cnc2ccccc2n1. The van der Waals surface area contributed by atoms with Crippen LogP contribution in [-0.4, -0.2) is 65.9 Å². The molecule has 1 saturated heterocycles. The molecular formula is C26H27N5O5. The highest BCUT2D eigenvalue weighted by Crippen LogP contribution is 2.40. The van der Waals surface area contributed by atoms with Gasteiger partial charge < -0.3 is 23.8 Å². The Morgan fingerprint density at radius 3 is 2.56 bits per heavy atom. The lowest BCUT2D eigenvalue weighted by molar-refractivity contribution is -0.157. The molecule has 186 valence electrons. The Morgan fingerprint density at radius 2 is 1.81 bits per heavy atom. The van der Waals surface area contributed by atoms with Crippen molar-refractivity contribution in [3.63, 3.8) is 0 Å². The van der Waals surface area contributed by atoms with Crippen molar-refractivity contribution in [3.8, 4) is 17.4 Å². The first kappa shape index (κ1) is 23.5. The van der Waals surface area contributed by atoms with Gasteiger partial charge >= 0.3 is 5.97 Å². The summed E-state index contributed by atoms with van der Waals surface area (Å²) in [6.07, 6.45) is 2.51. The molecule has 10 heteroatoms. The van der Waals surface area contributed by atoms with E-state index in [-0.39, 0.29) is 12.6 Å². The van der Waals surface area contributed by atoms with E-state index in [0.29, 0.717) is 47.3 Å². The lowest BCUT2D eigenvalue weighted by Crippen LogP contribution is -2.43. The molecule has 36 heavy (non-hydrogen) atoms. The largest absolute Gasteiger partial charge is 0.493 e. The number of fused-ring (bicyclic) bond motifs is 2. The quantitative estimate of drug-likeness (QED) is 0.358. The predicted molar refractivity (Wildman–Crippen MR) is 134 cm³/mol. The molecule has 0 radical (unpaired) electrons. The summed E-state index contributed by atoms with van der Waals surface area (Å²) in [7, 11) is 3.16. The van der Waals surface area contributed by atoms with Gasteiger partial charge in [-0.2, -0.15) is 0 Å². The number of esters is 1. The van der Waals surface area contributed by atoms with Gasteiger partial charge in [-0.3, -0.25) is 4.79 Å². The summed E-state index contributed by atoms with van der Waals surface area (Å²) in [6, 6.07) is 11.2. The fraction of sp³-hybridized carbons (Fsp3) is 0.346. The van der Waals surface area contributed by atoms with Gasteiger partial charge in [0, 0.05) is 18.0 Å². The number of carbonyl (C=O) groups excluding carboxylic acids is 1. The van der Waals surface area contributed by atoms with Crippen LogP contribution in [-0.2, 0) is 9.53 Å². The number of nitrogens with zero attached hydrogens (tertiary/aromatic N) is 5. The average Bonchev–Trinajstić information content (AvgIpc) is 3.24. The molecule has 4 aromatic rings. The summed E-state index contributed by atoms with van der Waals surface area (Å²) in [5.74, 6) is 1.79. The van der Waals surface area contributed by atoms with E-state index >= 15 is 0 Å². The van der Waals surface area contributed by atoms with Gasteiger partial charge in [0.1, 0.15) is 23.7 Å². The summed E-state index contributed by atoms with van der Waals surface area (Å²) < 4.78 is 22.7. The summed E-state index contributed by atoms with van der Waals surface area (Å²) in [4.78, 5) is 33.2. The van der Waals surface area contributed by atoms with E-state index in [0.717, 1.165) is 10.9 Å². The molecule has 2 aromatic carbocycles. The lowest BCUT2D eigenvalue weighted by Gasteiger charge is -2.27. The van der Waals surface area contributed by atoms with Crippen molar-refractivity contribution in [2.24, 2.45) is 5.41 Å². The van der Waals surface area contributed by atoms with Crippen molar-refractivity contribution >= 4 is 33.7 Å². The normalized spacial score (nSPS) is 19.4. The van der Waals surface area contributed by atoms with E-state index in [9.17, 15) is 4.79 Å². The number of rotatable bonds is 7. The number of methoxy groups -OCH3 is 2. The maximum Gasteiger partial charge on any atom is 0.317 e. The molecule has 0 bridgehead atoms. The Morgan fingerprint density at radius 1 is 1.06 bits per heavy atom. The van der Waals surface area contributed by atoms with Crippen LogP contribution in [0.25, 0.3) is 21.9 Å². The Kier molecular flexibility index (Phi) is 6.17. The molecule has 0 saturated carbocycles. The average molecular weight is 490 g/mol. The fourth-order valence-electron chi connectivity index (χ4n) is 4.55. The molecule has 2 atom stereocenters. The van der Waals surface area contributed by atoms with Crippen LogP contribution >= 0.6 is 0 Å². The number of para-hydroxylation sites is 2. The number of hydrogen-bond donors (Lipinski definition) is 0. The van der Waals surface area contributed by atoms with Crippen molar-refractivity contribution in [3.05, 3.63) is 48.9 Å². The summed E-state index contributed by atoms with van der Waals surface area (Å²) in [5.41, 5.74) is 1.20. The molecule has 1 aliphatic heterocycles. The van der Waals surface area contributed by atoms with Crippen LogP contribution in [0, 0.1) is 5.41 Å². The highest BCUT2D eigenvalue weighted by atomic mass is 16.5. The van der Waals surface area contributed by atoms with Gasteiger partial charge in [0.15, 0.2) is 11.5 Å². The number of hydrogen-bond acceptors (Lipinski definition) is 10. The first-order valence-electron chi connectivity index (χ1n) is 11.6. The van der Waals surface area contributed by atoms with Gasteiger partial charge in [-0.1, -0.05) is 12.1 Å². The molecule has 1 fully saturated rings. The van der Waals surface area contributed by atoms with Crippen LogP contribution in [0.3, 0.4) is 0 Å². The smallest absolute Gasteiger partial charge is 0.317 e. The van der Waals surface area contributed by atoms with Crippen LogP contribution < -0.4 is 19.1 Å². The molecule has 3 heterocycles. The molecule has 0 aliphatic carbocycles. The minimum absolute atomic E-state index is 0.268. The van der Waals surface area contributed by atoms with Gasteiger partial charge in [-0.25, -0.2) is 19.9 Å². The molecule has 0 amide bonds. The second-order valence-electron chi connectivity index (χ2n) is 8.74. The molecule has 1 aliphatic rings. The molecule has 5 rings (SSSR count). The minimum atomic E-state index is -0.975. The second kappa shape index (κ2) is 9.44. The predicted octanol–water partition coefficient (Wildman–Crippen LogP) is 3.43. The monoisotopic (exact) mass is 489 g/mol. The third-order valence-corrected chi connectivity index (χ3v) is 6.47. The van der Waals surface area contributed by atoms with E-state index in [2.05, 4.69) is 19.9 Å². The number of ether oxygens (including phenoxy) is 4. The van der Waals surface area contributed by atoms with Crippen molar-refractivity contribution in [2.45, 2.75) is 20.0 Å². The Labute approximate surface area is 208 Å².